The SMILES string of the molecule is CSc1nc(C)c(CCC(=O)Nc2ccc(Cl)cn2)c(=O)[nH]1. The molecule has 2 aromatic rings. The number of aromatic nitrogens is 3. The van der Waals surface area contributed by atoms with Crippen LogP contribution in [0.2, 0.25) is 5.02 Å². The standard InChI is InChI=1S/C14H15ClN4O2S/c1-8-10(13(21)19-14(17-8)22-2)4-6-12(20)18-11-5-3-9(15)7-16-11/h3,5,7H,4,6H2,1-2H3,(H,16,18,20)(H,17,19,21). The number of H-pyrrole nitrogens is 1. The summed E-state index contributed by atoms with van der Waals surface area (Å²) in [5.74, 6) is 0.207. The predicted octanol–water partition coefficient (Wildman–Crippen LogP) is 2.42. The van der Waals surface area contributed by atoms with E-state index in [1.54, 1.807) is 19.1 Å². The summed E-state index contributed by atoms with van der Waals surface area (Å²) in [5.41, 5.74) is 0.969. The van der Waals surface area contributed by atoms with Crippen molar-refractivity contribution in [3.63, 3.8) is 0 Å². The van der Waals surface area contributed by atoms with Gasteiger partial charge in [-0.1, -0.05) is 23.4 Å². The lowest BCUT2D eigenvalue weighted by molar-refractivity contribution is -0.116. The van der Waals surface area contributed by atoms with Crippen LogP contribution >= 0.6 is 23.4 Å². The van der Waals surface area contributed by atoms with Crippen molar-refractivity contribution in [2.45, 2.75) is 24.9 Å². The zero-order valence-corrected chi connectivity index (χ0v) is 13.7. The lowest BCUT2D eigenvalue weighted by Crippen LogP contribution is -2.20. The number of amides is 1. The minimum atomic E-state index is -0.220. The largest absolute Gasteiger partial charge is 0.311 e. The van der Waals surface area contributed by atoms with Crippen molar-refractivity contribution >= 4 is 35.1 Å². The van der Waals surface area contributed by atoms with Crippen LogP contribution in [0.3, 0.4) is 0 Å². The van der Waals surface area contributed by atoms with Gasteiger partial charge in [0.2, 0.25) is 5.91 Å². The summed E-state index contributed by atoms with van der Waals surface area (Å²) in [5, 5.41) is 3.73. The topological polar surface area (TPSA) is 87.7 Å². The fourth-order valence-corrected chi connectivity index (χ4v) is 2.40. The molecule has 0 unspecified atom stereocenters. The number of hydrogen-bond acceptors (Lipinski definition) is 5. The Labute approximate surface area is 136 Å². The molecule has 2 aromatic heterocycles. The number of thioether (sulfide) groups is 1. The molecule has 0 bridgehead atoms. The molecule has 8 heteroatoms. The van der Waals surface area contributed by atoms with Crippen molar-refractivity contribution in [1.82, 2.24) is 15.0 Å². The normalized spacial score (nSPS) is 10.5. The molecule has 0 radical (unpaired) electrons. The number of anilines is 1. The van der Waals surface area contributed by atoms with Gasteiger partial charge >= 0.3 is 0 Å². The average molecular weight is 339 g/mol. The molecule has 0 atom stereocenters. The van der Waals surface area contributed by atoms with Crippen molar-refractivity contribution in [3.05, 3.63) is 45.0 Å². The summed E-state index contributed by atoms with van der Waals surface area (Å²) in [6.45, 7) is 1.77. The third-order valence-electron chi connectivity index (χ3n) is 2.99. The second-order valence-electron chi connectivity index (χ2n) is 4.55. The van der Waals surface area contributed by atoms with E-state index in [0.717, 1.165) is 0 Å². The second-order valence-corrected chi connectivity index (χ2v) is 5.78. The summed E-state index contributed by atoms with van der Waals surface area (Å²) in [7, 11) is 0. The van der Waals surface area contributed by atoms with E-state index in [4.69, 9.17) is 11.6 Å². The minimum absolute atomic E-state index is 0.175. The van der Waals surface area contributed by atoms with Crippen LogP contribution in [0.15, 0.2) is 28.3 Å². The Morgan fingerprint density at radius 2 is 2.23 bits per heavy atom. The molecular weight excluding hydrogens is 324 g/mol. The minimum Gasteiger partial charge on any atom is -0.311 e. The molecule has 6 nitrogen and oxygen atoms in total. The quantitative estimate of drug-likeness (QED) is 0.645. The molecule has 0 saturated carbocycles. The maximum atomic E-state index is 12.0. The number of pyridine rings is 1. The average Bonchev–Trinajstić information content (AvgIpc) is 2.48. The molecule has 2 heterocycles. The molecule has 2 rings (SSSR count). The van der Waals surface area contributed by atoms with Crippen LogP contribution in [0.5, 0.6) is 0 Å². The fraction of sp³-hybridized carbons (Fsp3) is 0.286. The van der Waals surface area contributed by atoms with Crippen molar-refractivity contribution in [1.29, 1.82) is 0 Å². The number of halogens is 1. The molecule has 2 N–H and O–H groups in total. The third kappa shape index (κ3) is 4.32. The van der Waals surface area contributed by atoms with E-state index in [2.05, 4.69) is 20.3 Å². The van der Waals surface area contributed by atoms with E-state index in [1.165, 1.54) is 18.0 Å². The molecule has 22 heavy (non-hydrogen) atoms. The molecule has 0 aliphatic heterocycles. The third-order valence-corrected chi connectivity index (χ3v) is 3.79. The predicted molar refractivity (Wildman–Crippen MR) is 87.6 cm³/mol. The van der Waals surface area contributed by atoms with Gasteiger partial charge in [-0.2, -0.15) is 0 Å². The van der Waals surface area contributed by atoms with Crippen molar-refractivity contribution < 1.29 is 4.79 Å². The lowest BCUT2D eigenvalue weighted by atomic mass is 10.1. The highest BCUT2D eigenvalue weighted by Gasteiger charge is 2.11. The van der Waals surface area contributed by atoms with E-state index in [9.17, 15) is 9.59 Å². The highest BCUT2D eigenvalue weighted by Crippen LogP contribution is 2.11. The molecule has 1 amide bonds. The monoisotopic (exact) mass is 338 g/mol. The Balaban J connectivity index is 1.99. The maximum absolute atomic E-state index is 12.0. The summed E-state index contributed by atoms with van der Waals surface area (Å²) >= 11 is 7.10. The summed E-state index contributed by atoms with van der Waals surface area (Å²) in [6.07, 6.45) is 3.79. The van der Waals surface area contributed by atoms with E-state index < -0.39 is 0 Å². The van der Waals surface area contributed by atoms with E-state index in [-0.39, 0.29) is 17.9 Å². The number of hydrogen-bond donors (Lipinski definition) is 2. The first kappa shape index (κ1) is 16.5. The number of carbonyl (C=O) groups excluding carboxylic acids is 1. The van der Waals surface area contributed by atoms with E-state index in [0.29, 0.717) is 33.7 Å². The van der Waals surface area contributed by atoms with Crippen LogP contribution in [-0.4, -0.2) is 27.1 Å². The Hall–Kier alpha value is -1.86. The van der Waals surface area contributed by atoms with Gasteiger partial charge < -0.3 is 10.3 Å². The smallest absolute Gasteiger partial charge is 0.254 e. The number of aryl methyl sites for hydroxylation is 1. The van der Waals surface area contributed by atoms with Crippen LogP contribution in [-0.2, 0) is 11.2 Å². The first-order chi connectivity index (χ1) is 10.5. The molecule has 0 fully saturated rings. The zero-order chi connectivity index (χ0) is 16.1. The molecule has 0 aromatic carbocycles. The summed E-state index contributed by atoms with van der Waals surface area (Å²) < 4.78 is 0. The summed E-state index contributed by atoms with van der Waals surface area (Å²) in [4.78, 5) is 34.8. The first-order valence-electron chi connectivity index (χ1n) is 6.55. The van der Waals surface area contributed by atoms with E-state index in [1.807, 2.05) is 6.26 Å². The highest BCUT2D eigenvalue weighted by molar-refractivity contribution is 7.98. The van der Waals surface area contributed by atoms with Gasteiger partial charge in [-0.05, 0) is 31.7 Å². The molecular formula is C14H15ClN4O2S. The Bertz CT molecular complexity index is 731. The van der Waals surface area contributed by atoms with Crippen LogP contribution in [0.4, 0.5) is 5.82 Å². The number of nitrogens with zero attached hydrogens (tertiary/aromatic N) is 2. The van der Waals surface area contributed by atoms with Crippen LogP contribution in [0.25, 0.3) is 0 Å². The lowest BCUT2D eigenvalue weighted by Gasteiger charge is -2.07. The Morgan fingerprint density at radius 3 is 2.82 bits per heavy atom. The zero-order valence-electron chi connectivity index (χ0n) is 12.1. The number of nitrogens with one attached hydrogen (secondary N) is 2. The van der Waals surface area contributed by atoms with Crippen LogP contribution in [0.1, 0.15) is 17.7 Å². The van der Waals surface area contributed by atoms with Gasteiger partial charge in [-0.25, -0.2) is 9.97 Å². The van der Waals surface area contributed by atoms with Crippen LogP contribution in [0, 0.1) is 6.92 Å². The molecule has 116 valence electrons. The molecule has 0 aliphatic carbocycles. The van der Waals surface area contributed by atoms with Gasteiger partial charge in [0.1, 0.15) is 5.82 Å². The van der Waals surface area contributed by atoms with Crippen molar-refractivity contribution in [2.75, 3.05) is 11.6 Å². The van der Waals surface area contributed by atoms with Gasteiger partial charge in [0.15, 0.2) is 5.16 Å². The second kappa shape index (κ2) is 7.42. The number of rotatable bonds is 5. The maximum Gasteiger partial charge on any atom is 0.254 e. The first-order valence-corrected chi connectivity index (χ1v) is 8.15. The fourth-order valence-electron chi connectivity index (χ4n) is 1.87. The number of aromatic amines is 1. The van der Waals surface area contributed by atoms with Crippen molar-refractivity contribution in [2.24, 2.45) is 0 Å². The molecule has 0 spiro atoms. The highest BCUT2D eigenvalue weighted by atomic mass is 35.5. The summed E-state index contributed by atoms with van der Waals surface area (Å²) in [6, 6.07) is 3.26. The van der Waals surface area contributed by atoms with Gasteiger partial charge in [-0.3, -0.25) is 9.59 Å². The van der Waals surface area contributed by atoms with Gasteiger partial charge in [0.25, 0.3) is 5.56 Å². The van der Waals surface area contributed by atoms with Crippen LogP contribution < -0.4 is 10.9 Å². The van der Waals surface area contributed by atoms with E-state index >= 15 is 0 Å². The molecule has 0 saturated heterocycles. The van der Waals surface area contributed by atoms with Crippen molar-refractivity contribution in [3.8, 4) is 0 Å². The van der Waals surface area contributed by atoms with Gasteiger partial charge in [0, 0.05) is 23.9 Å². The Kier molecular flexibility index (Phi) is 5.57. The molecule has 0 aliphatic rings. The Morgan fingerprint density at radius 1 is 1.45 bits per heavy atom. The van der Waals surface area contributed by atoms with Gasteiger partial charge in [-0.15, -0.1) is 0 Å². The number of carbonyl (C=O) groups is 1. The van der Waals surface area contributed by atoms with Gasteiger partial charge in [0.05, 0.1) is 5.02 Å².